The normalized spacial score (nSPS) is 18.9. The summed E-state index contributed by atoms with van der Waals surface area (Å²) in [4.78, 5) is 39.8. The quantitative estimate of drug-likeness (QED) is 0.636. The average Bonchev–Trinajstić information content (AvgIpc) is 3.18. The maximum atomic E-state index is 13.2. The van der Waals surface area contributed by atoms with E-state index in [2.05, 4.69) is 5.32 Å². The fraction of sp³-hybridized carbons (Fsp3) is 0.125. The number of ketones is 1. The highest BCUT2D eigenvalue weighted by Crippen LogP contribution is 2.37. The number of fused-ring (bicyclic) bond motifs is 1. The highest BCUT2D eigenvalue weighted by atomic mass is 32.2. The van der Waals surface area contributed by atoms with E-state index in [9.17, 15) is 22.8 Å². The van der Waals surface area contributed by atoms with Gasteiger partial charge >= 0.3 is 0 Å². The molecule has 0 saturated carbocycles. The van der Waals surface area contributed by atoms with Crippen molar-refractivity contribution in [1.29, 1.82) is 0 Å². The van der Waals surface area contributed by atoms with Crippen molar-refractivity contribution in [3.63, 3.8) is 0 Å². The molecule has 0 radical (unpaired) electrons. The first-order valence-corrected chi connectivity index (χ1v) is 12.0. The van der Waals surface area contributed by atoms with Crippen LogP contribution >= 0.6 is 0 Å². The van der Waals surface area contributed by atoms with E-state index in [1.54, 1.807) is 11.1 Å². The standard InChI is InChI=1S/C24H21N3O5S/c1-33(31,32)26-23(29)17-10-12-18(13-11-17)25-24(30)22(28)21-20(16-7-3-2-4-8-16)15-19-9-5-6-14-27(19)21/h2-15,20-21H,1H3,(H,25,30)(H,26,29). The fourth-order valence-corrected chi connectivity index (χ4v) is 4.27. The lowest BCUT2D eigenvalue weighted by atomic mass is 9.90. The molecule has 2 atom stereocenters. The van der Waals surface area contributed by atoms with Crippen molar-refractivity contribution < 1.29 is 22.8 Å². The van der Waals surface area contributed by atoms with Crippen LogP contribution in [0.2, 0.25) is 0 Å². The Morgan fingerprint density at radius 2 is 1.64 bits per heavy atom. The van der Waals surface area contributed by atoms with Crippen LogP contribution in [0.5, 0.6) is 0 Å². The van der Waals surface area contributed by atoms with E-state index in [1.165, 1.54) is 24.3 Å². The molecular weight excluding hydrogens is 442 g/mol. The molecule has 2 N–H and O–H groups in total. The molecule has 2 aliphatic heterocycles. The molecular formula is C24H21N3O5S. The summed E-state index contributed by atoms with van der Waals surface area (Å²) in [6, 6.07) is 14.4. The summed E-state index contributed by atoms with van der Waals surface area (Å²) in [5.41, 5.74) is 2.18. The van der Waals surface area contributed by atoms with Gasteiger partial charge in [0.1, 0.15) is 6.04 Å². The van der Waals surface area contributed by atoms with E-state index >= 15 is 0 Å². The lowest BCUT2D eigenvalue weighted by Crippen LogP contribution is -2.43. The molecule has 2 aliphatic rings. The van der Waals surface area contributed by atoms with Crippen LogP contribution in [0.1, 0.15) is 21.8 Å². The molecule has 0 saturated heterocycles. The molecule has 2 heterocycles. The zero-order valence-corrected chi connectivity index (χ0v) is 18.5. The largest absolute Gasteiger partial charge is 0.336 e. The highest BCUT2D eigenvalue weighted by molar-refractivity contribution is 7.89. The van der Waals surface area contributed by atoms with E-state index in [0.29, 0.717) is 5.69 Å². The molecule has 33 heavy (non-hydrogen) atoms. The van der Waals surface area contributed by atoms with Gasteiger partial charge in [-0.3, -0.25) is 14.4 Å². The molecule has 2 aromatic carbocycles. The molecule has 0 spiro atoms. The Bertz CT molecular complexity index is 1300. The summed E-state index contributed by atoms with van der Waals surface area (Å²) in [5.74, 6) is -2.47. The molecule has 0 bridgehead atoms. The summed E-state index contributed by atoms with van der Waals surface area (Å²) in [5, 5.41) is 2.57. The minimum atomic E-state index is -3.69. The first-order valence-electron chi connectivity index (χ1n) is 10.1. The van der Waals surface area contributed by atoms with Gasteiger partial charge in [0.25, 0.3) is 11.8 Å². The summed E-state index contributed by atoms with van der Waals surface area (Å²) in [6.07, 6.45) is 10.2. The van der Waals surface area contributed by atoms with Crippen LogP contribution in [0.25, 0.3) is 0 Å². The monoisotopic (exact) mass is 463 g/mol. The summed E-state index contributed by atoms with van der Waals surface area (Å²) >= 11 is 0. The number of anilines is 1. The minimum Gasteiger partial charge on any atom is -0.336 e. The lowest BCUT2D eigenvalue weighted by Gasteiger charge is -2.28. The zero-order valence-electron chi connectivity index (χ0n) is 17.6. The van der Waals surface area contributed by atoms with Gasteiger partial charge in [-0.2, -0.15) is 0 Å². The number of benzene rings is 2. The zero-order chi connectivity index (χ0) is 23.6. The SMILES string of the molecule is CS(=O)(=O)NC(=O)c1ccc(NC(=O)C(=O)C2C(c3ccccc3)C=C3C=CC=CN32)cc1. The van der Waals surface area contributed by atoms with Crippen LogP contribution in [0.4, 0.5) is 5.69 Å². The van der Waals surface area contributed by atoms with Crippen molar-refractivity contribution in [3.8, 4) is 0 Å². The summed E-state index contributed by atoms with van der Waals surface area (Å²) in [7, 11) is -3.69. The second kappa shape index (κ2) is 8.87. The van der Waals surface area contributed by atoms with Gasteiger partial charge in [0, 0.05) is 29.1 Å². The van der Waals surface area contributed by atoms with Gasteiger partial charge in [0.05, 0.1) is 6.26 Å². The number of allylic oxidation sites excluding steroid dienone is 3. The van der Waals surface area contributed by atoms with Crippen LogP contribution in [-0.2, 0) is 19.6 Å². The number of rotatable bonds is 6. The smallest absolute Gasteiger partial charge is 0.294 e. The van der Waals surface area contributed by atoms with Gasteiger partial charge in [-0.25, -0.2) is 13.1 Å². The number of hydrogen-bond acceptors (Lipinski definition) is 6. The predicted molar refractivity (Wildman–Crippen MR) is 124 cm³/mol. The van der Waals surface area contributed by atoms with Crippen LogP contribution in [0.15, 0.2) is 90.8 Å². The Labute approximate surface area is 191 Å². The first-order chi connectivity index (χ1) is 15.7. The van der Waals surface area contributed by atoms with Crippen LogP contribution < -0.4 is 10.0 Å². The van der Waals surface area contributed by atoms with Crippen molar-refractivity contribution in [1.82, 2.24) is 9.62 Å². The van der Waals surface area contributed by atoms with Crippen molar-refractivity contribution in [2.45, 2.75) is 12.0 Å². The molecule has 168 valence electrons. The van der Waals surface area contributed by atoms with E-state index in [1.807, 2.05) is 59.4 Å². The number of hydrogen-bond donors (Lipinski definition) is 2. The third-order valence-corrected chi connectivity index (χ3v) is 5.83. The average molecular weight is 464 g/mol. The van der Waals surface area contributed by atoms with E-state index in [0.717, 1.165) is 17.5 Å². The molecule has 0 aliphatic carbocycles. The predicted octanol–water partition coefficient (Wildman–Crippen LogP) is 2.32. The maximum absolute atomic E-state index is 13.2. The third-order valence-electron chi connectivity index (χ3n) is 5.27. The Morgan fingerprint density at radius 1 is 0.939 bits per heavy atom. The van der Waals surface area contributed by atoms with Gasteiger partial charge < -0.3 is 10.2 Å². The Morgan fingerprint density at radius 3 is 2.30 bits per heavy atom. The van der Waals surface area contributed by atoms with Crippen molar-refractivity contribution >= 4 is 33.3 Å². The van der Waals surface area contributed by atoms with E-state index in [-0.39, 0.29) is 11.5 Å². The number of sulfonamides is 1. The Kier molecular flexibility index (Phi) is 5.97. The number of nitrogens with zero attached hydrogens (tertiary/aromatic N) is 1. The van der Waals surface area contributed by atoms with Crippen LogP contribution in [0, 0.1) is 0 Å². The van der Waals surface area contributed by atoms with Crippen LogP contribution in [0.3, 0.4) is 0 Å². The molecule has 4 rings (SSSR count). The third kappa shape index (κ3) is 4.93. The van der Waals surface area contributed by atoms with E-state index in [4.69, 9.17) is 0 Å². The summed E-state index contributed by atoms with van der Waals surface area (Å²) < 4.78 is 24.3. The molecule has 8 nitrogen and oxygen atoms in total. The Balaban J connectivity index is 1.51. The fourth-order valence-electron chi connectivity index (χ4n) is 3.81. The summed E-state index contributed by atoms with van der Waals surface area (Å²) in [6.45, 7) is 0. The van der Waals surface area contributed by atoms with Crippen molar-refractivity contribution in [2.75, 3.05) is 11.6 Å². The minimum absolute atomic E-state index is 0.101. The molecule has 0 fully saturated rings. The number of nitrogens with one attached hydrogen (secondary N) is 2. The van der Waals surface area contributed by atoms with Gasteiger partial charge in [0.2, 0.25) is 15.8 Å². The number of carbonyl (C=O) groups excluding carboxylic acids is 3. The molecule has 9 heteroatoms. The molecule has 0 aromatic heterocycles. The van der Waals surface area contributed by atoms with Gasteiger partial charge in [-0.05, 0) is 42.0 Å². The number of amides is 2. The van der Waals surface area contributed by atoms with E-state index < -0.39 is 33.7 Å². The lowest BCUT2D eigenvalue weighted by molar-refractivity contribution is -0.137. The second-order valence-electron chi connectivity index (χ2n) is 7.68. The van der Waals surface area contributed by atoms with Crippen molar-refractivity contribution in [2.24, 2.45) is 0 Å². The van der Waals surface area contributed by atoms with Gasteiger partial charge in [0.15, 0.2) is 0 Å². The molecule has 2 aromatic rings. The molecule has 2 unspecified atom stereocenters. The first kappa shape index (κ1) is 22.2. The topological polar surface area (TPSA) is 113 Å². The number of carbonyl (C=O) groups is 3. The second-order valence-corrected chi connectivity index (χ2v) is 9.43. The molecule has 2 amide bonds. The van der Waals surface area contributed by atoms with Crippen molar-refractivity contribution in [3.05, 3.63) is 102 Å². The maximum Gasteiger partial charge on any atom is 0.294 e. The van der Waals surface area contributed by atoms with Crippen LogP contribution in [-0.4, -0.2) is 43.2 Å². The van der Waals surface area contributed by atoms with Gasteiger partial charge in [-0.15, -0.1) is 0 Å². The highest BCUT2D eigenvalue weighted by Gasteiger charge is 2.41. The number of Topliss-reactive ketones (excluding diaryl/α,β-unsaturated/α-hetero) is 1. The van der Waals surface area contributed by atoms with Gasteiger partial charge in [-0.1, -0.05) is 42.5 Å². The Hall–Kier alpha value is -3.98.